The third kappa shape index (κ3) is 22.9. The first-order valence-electron chi connectivity index (χ1n) is 29.0. The fourth-order valence-electron chi connectivity index (χ4n) is 9.27. The Morgan fingerprint density at radius 3 is 2.12 bits per heavy atom. The summed E-state index contributed by atoms with van der Waals surface area (Å²) in [5.74, 6) is 2.46. The molecule has 2 saturated carbocycles. The molecule has 12 nitrogen and oxygen atoms in total. The molecule has 75 heavy (non-hydrogen) atoms. The van der Waals surface area contributed by atoms with Crippen LogP contribution in [0.5, 0.6) is 5.88 Å². The minimum atomic E-state index is -0.685. The zero-order valence-corrected chi connectivity index (χ0v) is 49.4. The second-order valence-corrected chi connectivity index (χ2v) is 21.6. The number of imidazole rings is 1. The van der Waals surface area contributed by atoms with Crippen molar-refractivity contribution in [2.45, 2.75) is 210 Å². The number of ether oxygens (including phenoxy) is 1. The lowest BCUT2D eigenvalue weighted by atomic mass is 9.88. The number of nitrogens with one attached hydrogen (secondary N) is 2. The molecular formula is C63H101N8O4+. The number of aldehydes is 1. The molecule has 0 bridgehead atoms. The molecule has 0 radical (unpaired) electrons. The van der Waals surface area contributed by atoms with Crippen LogP contribution in [-0.4, -0.2) is 99.2 Å². The third-order valence-electron chi connectivity index (χ3n) is 14.9. The number of nitrogens with zero attached hydrogens (tertiary/aromatic N) is 6. The molecule has 3 unspecified atom stereocenters. The van der Waals surface area contributed by atoms with Gasteiger partial charge in [-0.1, -0.05) is 130 Å². The number of hydrogen-bond acceptors (Lipinski definition) is 8. The Morgan fingerprint density at radius 2 is 1.55 bits per heavy atom. The first-order chi connectivity index (χ1) is 36.0. The molecule has 4 aromatic rings. The second-order valence-electron chi connectivity index (χ2n) is 21.6. The Kier molecular flexibility index (Phi) is 30.0. The smallest absolute Gasteiger partial charge is 0.260 e. The van der Waals surface area contributed by atoms with Crippen LogP contribution in [0.15, 0.2) is 48.0 Å². The second kappa shape index (κ2) is 35.2. The number of aryl methyl sites for hydroxylation is 5. The molecule has 0 spiro atoms. The van der Waals surface area contributed by atoms with Gasteiger partial charge in [0.15, 0.2) is 12.3 Å². The van der Waals surface area contributed by atoms with Crippen molar-refractivity contribution >= 4 is 46.9 Å². The molecule has 7 rings (SSSR count). The summed E-state index contributed by atoms with van der Waals surface area (Å²) in [7, 11) is 5.51. The van der Waals surface area contributed by atoms with E-state index in [2.05, 4.69) is 103 Å². The van der Waals surface area contributed by atoms with Gasteiger partial charge in [-0.2, -0.15) is 0 Å². The molecule has 1 aliphatic heterocycles. The number of benzene rings is 1. The van der Waals surface area contributed by atoms with Gasteiger partial charge in [-0.25, -0.2) is 14.5 Å². The number of carbonyl (C=O) groups excluding carboxylic acids is 3. The van der Waals surface area contributed by atoms with Gasteiger partial charge in [-0.3, -0.25) is 19.9 Å². The van der Waals surface area contributed by atoms with Crippen LogP contribution in [-0.2, 0) is 16.6 Å². The maximum Gasteiger partial charge on any atom is 0.260 e. The quantitative estimate of drug-likeness (QED) is 0.0622. The topological polar surface area (TPSA) is 134 Å². The van der Waals surface area contributed by atoms with E-state index in [4.69, 9.17) is 4.74 Å². The maximum atomic E-state index is 13.0. The molecular weight excluding hydrogens is 933 g/mol. The van der Waals surface area contributed by atoms with Crippen molar-refractivity contribution in [1.82, 2.24) is 29.7 Å². The van der Waals surface area contributed by atoms with Crippen molar-refractivity contribution in [3.63, 3.8) is 0 Å². The van der Waals surface area contributed by atoms with E-state index in [1.165, 1.54) is 128 Å². The largest absolute Gasteiger partial charge is 0.464 e. The highest BCUT2D eigenvalue weighted by Crippen LogP contribution is 2.26. The third-order valence-corrected chi connectivity index (χ3v) is 14.9. The maximum absolute atomic E-state index is 13.0. The molecule has 3 aromatic heterocycles. The molecule has 3 atom stereocenters. The van der Waals surface area contributed by atoms with E-state index in [0.717, 1.165) is 81.9 Å². The van der Waals surface area contributed by atoms with Crippen molar-refractivity contribution < 1.29 is 23.7 Å². The highest BCUT2D eigenvalue weighted by Gasteiger charge is 2.22. The van der Waals surface area contributed by atoms with Gasteiger partial charge in [0.05, 0.1) is 22.3 Å². The number of hydrogen-bond donors (Lipinski definition) is 2. The number of likely N-dealkylation sites (N-methyl/N-ethyl adjacent to an activating group) is 1. The fourth-order valence-corrected chi connectivity index (χ4v) is 9.27. The van der Waals surface area contributed by atoms with E-state index in [-0.39, 0.29) is 18.2 Å². The van der Waals surface area contributed by atoms with Gasteiger partial charge in [0.2, 0.25) is 11.8 Å². The Morgan fingerprint density at radius 1 is 0.853 bits per heavy atom. The summed E-state index contributed by atoms with van der Waals surface area (Å²) >= 11 is 0. The van der Waals surface area contributed by atoms with E-state index in [0.29, 0.717) is 23.8 Å². The summed E-state index contributed by atoms with van der Waals surface area (Å²) in [6.45, 7) is 27.5. The highest BCUT2D eigenvalue weighted by molar-refractivity contribution is 6.10. The molecule has 2 fully saturated rings. The van der Waals surface area contributed by atoms with Crippen LogP contribution in [0.1, 0.15) is 209 Å². The van der Waals surface area contributed by atoms with Gasteiger partial charge >= 0.3 is 0 Å². The average Bonchev–Trinajstić information content (AvgIpc) is 4.08. The summed E-state index contributed by atoms with van der Waals surface area (Å²) in [5, 5.41) is 5.47. The fraction of sp³-hybridized carbons (Fsp3) is 0.635. The minimum absolute atomic E-state index is 0.186. The van der Waals surface area contributed by atoms with Crippen LogP contribution in [0.3, 0.4) is 0 Å². The molecule has 2 aliphatic carbocycles. The van der Waals surface area contributed by atoms with Crippen molar-refractivity contribution in [3.05, 3.63) is 81.8 Å². The number of carbonyl (C=O) groups is 3. The van der Waals surface area contributed by atoms with Crippen LogP contribution in [0, 0.1) is 39.5 Å². The van der Waals surface area contributed by atoms with Crippen molar-refractivity contribution in [2.75, 3.05) is 39.0 Å². The van der Waals surface area contributed by atoms with E-state index in [9.17, 15) is 14.4 Å². The van der Waals surface area contributed by atoms with Gasteiger partial charge in [-0.05, 0) is 127 Å². The summed E-state index contributed by atoms with van der Waals surface area (Å²) in [5.41, 5.74) is 9.55. The monoisotopic (exact) mass is 1030 g/mol. The van der Waals surface area contributed by atoms with Gasteiger partial charge in [0.1, 0.15) is 19.9 Å². The molecule has 2 N–H and O–H groups in total. The molecule has 12 heteroatoms. The number of anilines is 1. The van der Waals surface area contributed by atoms with E-state index in [1.54, 1.807) is 6.07 Å². The van der Waals surface area contributed by atoms with Gasteiger partial charge in [-0.15, -0.1) is 0 Å². The number of allylic oxidation sites excluding steroid dienone is 1. The lowest BCUT2D eigenvalue weighted by Gasteiger charge is -2.32. The normalized spacial score (nSPS) is 15.3. The number of amides is 2. The summed E-state index contributed by atoms with van der Waals surface area (Å²) in [4.78, 5) is 51.2. The van der Waals surface area contributed by atoms with Crippen LogP contribution in [0.2, 0.25) is 0 Å². The molecule has 3 aliphatic rings. The lowest BCUT2D eigenvalue weighted by molar-refractivity contribution is -0.491. The van der Waals surface area contributed by atoms with Crippen LogP contribution < -0.4 is 15.4 Å². The zero-order chi connectivity index (χ0) is 55.3. The number of pyridine rings is 2. The molecule has 1 aromatic carbocycles. The van der Waals surface area contributed by atoms with Gasteiger partial charge < -0.3 is 24.3 Å². The van der Waals surface area contributed by atoms with Gasteiger partial charge in [0, 0.05) is 62.4 Å². The Labute approximate surface area is 454 Å². The average molecular weight is 1030 g/mol. The van der Waals surface area contributed by atoms with Crippen molar-refractivity contribution in [3.8, 4) is 5.88 Å². The summed E-state index contributed by atoms with van der Waals surface area (Å²) < 4.78 is 9.59. The summed E-state index contributed by atoms with van der Waals surface area (Å²) in [6, 6.07) is 14.2. The predicted molar refractivity (Wildman–Crippen MR) is 314 cm³/mol. The Bertz CT molecular complexity index is 2390. The predicted octanol–water partition coefficient (Wildman–Crippen LogP) is 14.1. The molecule has 4 heterocycles. The van der Waals surface area contributed by atoms with Gasteiger partial charge in [0.25, 0.3) is 11.8 Å². The number of fused-ring (bicyclic) bond motifs is 1. The standard InChI is InChI=1S/C23H25N5O.C17H37N.C13H18N2O3.2C5H10/c1-14-6-7-19-21(10-14)28(5)23(25-19)26-22(29)17-11-16(3)24-20(12-17)18-13-27(4)9-8-15(18)2;1-6-10-15-18(14-8-3)17(11-7-2)13-12-16(5)9-4;1-9-6-7-12(15-10(9)2)18-11(5-4-8-16)13(17)14-3;1-5-3-2-4-5;1-2-4-5-3-1/h6-7,10-13H,8-9H2,1-5H3;16-17H,6-15H2,1-5H3;6-8,11H,4-5H2,1-3H3,(H,14,17);5H,2-4H2,1H3;1-5H2/p+1. The number of aromatic nitrogens is 4. The minimum Gasteiger partial charge on any atom is -0.464 e. The van der Waals surface area contributed by atoms with Crippen molar-refractivity contribution in [2.24, 2.45) is 18.9 Å². The van der Waals surface area contributed by atoms with E-state index in [1.807, 2.05) is 69.6 Å². The van der Waals surface area contributed by atoms with E-state index >= 15 is 0 Å². The number of rotatable bonds is 21. The molecule has 0 saturated heterocycles. The molecule has 416 valence electrons. The first-order valence-corrected chi connectivity index (χ1v) is 29.0. The zero-order valence-electron chi connectivity index (χ0n) is 49.4. The van der Waals surface area contributed by atoms with Crippen molar-refractivity contribution in [1.29, 1.82) is 0 Å². The number of unbranched alkanes of at least 4 members (excludes halogenated alkanes) is 1. The lowest BCUT2D eigenvalue weighted by Crippen LogP contribution is -2.37. The van der Waals surface area contributed by atoms with Crippen LogP contribution >= 0.6 is 0 Å². The summed E-state index contributed by atoms with van der Waals surface area (Å²) in [6.07, 6.45) is 26.6. The highest BCUT2D eigenvalue weighted by atomic mass is 16.5. The van der Waals surface area contributed by atoms with E-state index < -0.39 is 6.10 Å². The molecule has 2 amide bonds. The SMILES string of the molecule is C1CCCC1.CC1=C(c2cc(C(=O)Nc3nc4ccc(C)cc4n3C)cc(C)n2)C=[N+](C)CC1.CC1CCC1.CCCCN(CCC)C(CCC)CCC(C)CC.CNC(=O)C(CCC=O)Oc1ccc(C)c(C)n1. The Balaban J connectivity index is 0.000000280. The Hall–Kier alpha value is -5.23. The van der Waals surface area contributed by atoms with Crippen LogP contribution in [0.25, 0.3) is 16.6 Å². The first kappa shape index (κ1) is 64.1. The van der Waals surface area contributed by atoms with Crippen LogP contribution in [0.4, 0.5) is 5.95 Å².